The Morgan fingerprint density at radius 3 is 2.57 bits per heavy atom. The Hall–Kier alpha value is -0.740. The molecule has 21 heavy (non-hydrogen) atoms. The molecule has 2 rings (SSSR count). The summed E-state index contributed by atoms with van der Waals surface area (Å²) in [6.07, 6.45) is 3.85. The number of aryl methyl sites for hydroxylation is 1. The fourth-order valence-corrected chi connectivity index (χ4v) is 4.00. The zero-order valence-corrected chi connectivity index (χ0v) is 14.8. The maximum atomic E-state index is 9.91. The lowest BCUT2D eigenvalue weighted by atomic mass is 9.96. The van der Waals surface area contributed by atoms with Gasteiger partial charge in [-0.1, -0.05) is 43.9 Å². The van der Waals surface area contributed by atoms with Gasteiger partial charge in [-0.2, -0.15) is 0 Å². The first-order chi connectivity index (χ1) is 9.99. The van der Waals surface area contributed by atoms with Crippen molar-refractivity contribution in [2.45, 2.75) is 51.7 Å². The summed E-state index contributed by atoms with van der Waals surface area (Å²) >= 11 is 7.34. The minimum Gasteiger partial charge on any atom is -0.508 e. The highest BCUT2D eigenvalue weighted by atomic mass is 32.2. The third-order valence-electron chi connectivity index (χ3n) is 4.05. The molecule has 0 amide bonds. The second kappa shape index (κ2) is 7.50. The van der Waals surface area contributed by atoms with Gasteiger partial charge >= 0.3 is 0 Å². The maximum Gasteiger partial charge on any atom is 0.136 e. The summed E-state index contributed by atoms with van der Waals surface area (Å²) in [6, 6.07) is 4.02. The van der Waals surface area contributed by atoms with Crippen LogP contribution in [0.15, 0.2) is 12.1 Å². The first-order valence-corrected chi connectivity index (χ1v) is 9.12. The van der Waals surface area contributed by atoms with Crippen molar-refractivity contribution < 1.29 is 5.11 Å². The van der Waals surface area contributed by atoms with E-state index in [1.54, 1.807) is 11.8 Å². The van der Waals surface area contributed by atoms with Crippen molar-refractivity contribution in [3.63, 3.8) is 0 Å². The first kappa shape index (κ1) is 16.6. The van der Waals surface area contributed by atoms with Crippen LogP contribution in [0.5, 0.6) is 5.75 Å². The number of aromatic hydroxyl groups is 1. The van der Waals surface area contributed by atoms with Crippen LogP contribution in [0.25, 0.3) is 0 Å². The van der Waals surface area contributed by atoms with Crippen molar-refractivity contribution in [1.82, 2.24) is 4.90 Å². The second-order valence-electron chi connectivity index (χ2n) is 6.09. The number of rotatable bonds is 3. The Balaban J connectivity index is 2.05. The normalized spacial score (nSPS) is 15.5. The summed E-state index contributed by atoms with van der Waals surface area (Å²) < 4.78 is 1.02. The number of thiocarbonyl (C=S) groups is 1. The average molecular weight is 324 g/mol. The lowest BCUT2D eigenvalue weighted by Crippen LogP contribution is -2.32. The Labute approximate surface area is 137 Å². The van der Waals surface area contributed by atoms with Gasteiger partial charge in [-0.05, 0) is 54.9 Å². The molecular weight excluding hydrogens is 298 g/mol. The predicted octanol–water partition coefficient (Wildman–Crippen LogP) is 4.83. The molecule has 2 nitrogen and oxygen atoms in total. The average Bonchev–Trinajstić information content (AvgIpc) is 2.48. The molecule has 1 aromatic rings. The Morgan fingerprint density at radius 1 is 1.29 bits per heavy atom. The van der Waals surface area contributed by atoms with Gasteiger partial charge in [-0.15, -0.1) is 0 Å². The van der Waals surface area contributed by atoms with Gasteiger partial charge < -0.3 is 10.0 Å². The molecule has 0 atom stereocenters. The molecule has 0 aliphatic carbocycles. The van der Waals surface area contributed by atoms with Crippen molar-refractivity contribution in [3.05, 3.63) is 28.8 Å². The minimum atomic E-state index is 0.394. The van der Waals surface area contributed by atoms with Crippen LogP contribution in [0.3, 0.4) is 0 Å². The zero-order valence-electron chi connectivity index (χ0n) is 13.2. The van der Waals surface area contributed by atoms with Crippen molar-refractivity contribution in [1.29, 1.82) is 0 Å². The molecule has 0 unspecified atom stereocenters. The standard InChI is InChI=1S/C17H25NOS2/c1-12(2)15-10-16(19)13(3)9-14(15)11-21-17(20)18-7-5-4-6-8-18/h9-10,12,19H,4-8,11H2,1-3H3. The summed E-state index contributed by atoms with van der Waals surface area (Å²) in [5.74, 6) is 1.70. The number of piperidine rings is 1. The molecule has 1 aliphatic heterocycles. The van der Waals surface area contributed by atoms with Crippen LogP contribution in [0.1, 0.15) is 55.7 Å². The van der Waals surface area contributed by atoms with Crippen LogP contribution in [0.2, 0.25) is 0 Å². The van der Waals surface area contributed by atoms with Gasteiger partial charge in [0.1, 0.15) is 10.1 Å². The molecule has 4 heteroatoms. The zero-order chi connectivity index (χ0) is 15.4. The van der Waals surface area contributed by atoms with Gasteiger partial charge in [-0.3, -0.25) is 0 Å². The smallest absolute Gasteiger partial charge is 0.136 e. The van der Waals surface area contributed by atoms with E-state index < -0.39 is 0 Å². The number of phenols is 1. The molecule has 1 saturated heterocycles. The van der Waals surface area contributed by atoms with Gasteiger partial charge in [0.25, 0.3) is 0 Å². The highest BCUT2D eigenvalue weighted by Gasteiger charge is 2.16. The van der Waals surface area contributed by atoms with E-state index in [4.69, 9.17) is 12.2 Å². The number of thioether (sulfide) groups is 1. The summed E-state index contributed by atoms with van der Waals surface area (Å²) in [5.41, 5.74) is 3.47. The highest BCUT2D eigenvalue weighted by molar-refractivity contribution is 8.22. The fraction of sp³-hybridized carbons (Fsp3) is 0.588. The number of likely N-dealkylation sites (tertiary alicyclic amines) is 1. The molecule has 1 aromatic carbocycles. The number of phenolic OH excluding ortho intramolecular Hbond substituents is 1. The molecule has 1 fully saturated rings. The molecule has 0 saturated carbocycles. The predicted molar refractivity (Wildman–Crippen MR) is 96.2 cm³/mol. The molecule has 116 valence electrons. The quantitative estimate of drug-likeness (QED) is 0.805. The summed E-state index contributed by atoms with van der Waals surface area (Å²) in [5, 5.41) is 9.91. The second-order valence-corrected chi connectivity index (χ2v) is 7.70. The minimum absolute atomic E-state index is 0.394. The van der Waals surface area contributed by atoms with E-state index in [1.165, 1.54) is 30.4 Å². The van der Waals surface area contributed by atoms with E-state index >= 15 is 0 Å². The van der Waals surface area contributed by atoms with Crippen LogP contribution in [0, 0.1) is 6.92 Å². The first-order valence-electron chi connectivity index (χ1n) is 7.73. The molecular formula is C17H25NOS2. The van der Waals surface area contributed by atoms with Crippen molar-refractivity contribution in [2.24, 2.45) is 0 Å². The van der Waals surface area contributed by atoms with Crippen molar-refractivity contribution in [2.75, 3.05) is 13.1 Å². The third kappa shape index (κ3) is 4.36. The van der Waals surface area contributed by atoms with E-state index in [0.717, 1.165) is 28.7 Å². The number of hydrogen-bond acceptors (Lipinski definition) is 3. The van der Waals surface area contributed by atoms with E-state index in [2.05, 4.69) is 24.8 Å². The van der Waals surface area contributed by atoms with Gasteiger partial charge in [0.15, 0.2) is 0 Å². The Kier molecular flexibility index (Phi) is 5.94. The van der Waals surface area contributed by atoms with Crippen LogP contribution >= 0.6 is 24.0 Å². The lowest BCUT2D eigenvalue weighted by molar-refractivity contribution is 0.352. The SMILES string of the molecule is Cc1cc(CSC(=S)N2CCCCC2)c(C(C)C)cc1O. The molecule has 0 radical (unpaired) electrons. The molecule has 1 N–H and O–H groups in total. The van der Waals surface area contributed by atoms with E-state index in [0.29, 0.717) is 11.7 Å². The summed E-state index contributed by atoms with van der Waals surface area (Å²) in [6.45, 7) is 8.51. The monoisotopic (exact) mass is 323 g/mol. The van der Waals surface area contributed by atoms with Gasteiger partial charge in [0.2, 0.25) is 0 Å². The van der Waals surface area contributed by atoms with Gasteiger partial charge in [0.05, 0.1) is 0 Å². The topological polar surface area (TPSA) is 23.5 Å². The largest absolute Gasteiger partial charge is 0.508 e. The highest BCUT2D eigenvalue weighted by Crippen LogP contribution is 2.30. The molecule has 0 aromatic heterocycles. The number of hydrogen-bond donors (Lipinski definition) is 1. The van der Waals surface area contributed by atoms with Crippen LogP contribution < -0.4 is 0 Å². The molecule has 0 bridgehead atoms. The number of benzene rings is 1. The fourth-order valence-electron chi connectivity index (χ4n) is 2.74. The van der Waals surface area contributed by atoms with E-state index in [9.17, 15) is 5.11 Å². The van der Waals surface area contributed by atoms with Crippen molar-refractivity contribution in [3.8, 4) is 5.75 Å². The number of nitrogens with zero attached hydrogens (tertiary/aromatic N) is 1. The van der Waals surface area contributed by atoms with Crippen LogP contribution in [-0.4, -0.2) is 27.4 Å². The van der Waals surface area contributed by atoms with Crippen LogP contribution in [-0.2, 0) is 5.75 Å². The van der Waals surface area contributed by atoms with E-state index in [1.807, 2.05) is 13.0 Å². The van der Waals surface area contributed by atoms with E-state index in [-0.39, 0.29) is 0 Å². The van der Waals surface area contributed by atoms with Gasteiger partial charge in [-0.25, -0.2) is 0 Å². The Morgan fingerprint density at radius 2 is 1.95 bits per heavy atom. The summed E-state index contributed by atoms with van der Waals surface area (Å²) in [7, 11) is 0. The lowest BCUT2D eigenvalue weighted by Gasteiger charge is -2.28. The van der Waals surface area contributed by atoms with Gasteiger partial charge in [0, 0.05) is 18.8 Å². The van der Waals surface area contributed by atoms with Crippen LogP contribution in [0.4, 0.5) is 0 Å². The third-order valence-corrected chi connectivity index (χ3v) is 5.62. The molecule has 1 aliphatic rings. The summed E-state index contributed by atoms with van der Waals surface area (Å²) in [4.78, 5) is 2.34. The van der Waals surface area contributed by atoms with Crippen molar-refractivity contribution >= 4 is 28.3 Å². The Bertz CT molecular complexity index is 508. The molecule has 0 spiro atoms. The molecule has 1 heterocycles. The maximum absolute atomic E-state index is 9.91.